The summed E-state index contributed by atoms with van der Waals surface area (Å²) in [6.07, 6.45) is 11.1. The maximum atomic E-state index is 11.3. The summed E-state index contributed by atoms with van der Waals surface area (Å²) < 4.78 is 6.67. The van der Waals surface area contributed by atoms with Crippen LogP contribution in [0.4, 0.5) is 0 Å². The third kappa shape index (κ3) is 5.56. The summed E-state index contributed by atoms with van der Waals surface area (Å²) >= 11 is 0. The molecule has 0 aliphatic carbocycles. The molecule has 0 aromatic carbocycles. The Kier molecular flexibility index (Phi) is 8.66. The van der Waals surface area contributed by atoms with Crippen molar-refractivity contribution in [1.82, 2.24) is 0 Å². The van der Waals surface area contributed by atoms with Gasteiger partial charge in [0.25, 0.3) is 0 Å². The molecular formula is C17H35O2P. The van der Waals surface area contributed by atoms with Gasteiger partial charge >= 0.3 is 126 Å². The van der Waals surface area contributed by atoms with Crippen molar-refractivity contribution >= 4 is 12.6 Å². The molecule has 2 nitrogen and oxygen atoms in total. The topological polar surface area (TPSA) is 26.3 Å². The molecule has 0 N–H and O–H groups in total. The SMILES string of the molecule is CCCP(CCC)(CCC)(CCC)O/C(C)=C\C(C)=O. The Morgan fingerprint density at radius 2 is 1.20 bits per heavy atom. The first kappa shape index (κ1) is 19.6. The summed E-state index contributed by atoms with van der Waals surface area (Å²) in [6.45, 7) is 10.4. The van der Waals surface area contributed by atoms with Crippen LogP contribution in [0.3, 0.4) is 0 Å². The third-order valence-corrected chi connectivity index (χ3v) is 11.1. The van der Waals surface area contributed by atoms with Crippen molar-refractivity contribution < 1.29 is 9.32 Å². The van der Waals surface area contributed by atoms with Crippen molar-refractivity contribution in [2.24, 2.45) is 0 Å². The molecule has 0 spiro atoms. The van der Waals surface area contributed by atoms with Crippen LogP contribution in [0.5, 0.6) is 0 Å². The number of allylic oxidation sites excluding steroid dienone is 2. The van der Waals surface area contributed by atoms with Crippen molar-refractivity contribution in [3.8, 4) is 0 Å². The molecule has 0 rings (SSSR count). The zero-order chi connectivity index (χ0) is 15.7. The van der Waals surface area contributed by atoms with E-state index in [9.17, 15) is 4.79 Å². The fourth-order valence-corrected chi connectivity index (χ4v) is 10.9. The second-order valence-electron chi connectivity index (χ2n) is 6.21. The molecule has 0 saturated heterocycles. The van der Waals surface area contributed by atoms with E-state index in [1.54, 1.807) is 13.0 Å². The van der Waals surface area contributed by atoms with Crippen LogP contribution in [0.1, 0.15) is 67.2 Å². The molecule has 0 aliphatic heterocycles. The van der Waals surface area contributed by atoms with E-state index in [4.69, 9.17) is 4.52 Å². The number of carbonyl (C=O) groups excluding carboxylic acids is 1. The first-order valence-electron chi connectivity index (χ1n) is 8.26. The van der Waals surface area contributed by atoms with E-state index in [-0.39, 0.29) is 5.78 Å². The maximum absolute atomic E-state index is 11.3. The fourth-order valence-electron chi connectivity index (χ4n) is 3.84. The molecule has 0 radical (unpaired) electrons. The van der Waals surface area contributed by atoms with Gasteiger partial charge < -0.3 is 0 Å². The quantitative estimate of drug-likeness (QED) is 0.282. The Morgan fingerprint density at radius 3 is 1.45 bits per heavy atom. The average Bonchev–Trinajstić information content (AvgIpc) is 2.28. The molecule has 0 heterocycles. The van der Waals surface area contributed by atoms with Gasteiger partial charge in [-0.15, -0.1) is 0 Å². The zero-order valence-corrected chi connectivity index (χ0v) is 15.4. The van der Waals surface area contributed by atoms with Gasteiger partial charge in [0.05, 0.1) is 0 Å². The van der Waals surface area contributed by atoms with E-state index in [0.717, 1.165) is 5.76 Å². The van der Waals surface area contributed by atoms with E-state index in [0.29, 0.717) is 0 Å². The standard InChI is InChI=1S/C17H35O2P/c1-7-11-20(12-8-2,13-9-3,14-10-4)19-17(6)15-16(5)18/h15H,7-14H2,1-6H3/b17-15-. The molecule has 0 fully saturated rings. The third-order valence-electron chi connectivity index (χ3n) is 3.97. The predicted molar refractivity (Wildman–Crippen MR) is 93.1 cm³/mol. The van der Waals surface area contributed by atoms with Crippen LogP contribution in [0.15, 0.2) is 11.8 Å². The molecular weight excluding hydrogens is 267 g/mol. The van der Waals surface area contributed by atoms with Crippen LogP contribution in [-0.4, -0.2) is 30.4 Å². The molecule has 0 saturated carbocycles. The molecule has 0 bridgehead atoms. The molecule has 120 valence electrons. The molecule has 20 heavy (non-hydrogen) atoms. The van der Waals surface area contributed by atoms with Crippen molar-refractivity contribution in [3.63, 3.8) is 0 Å². The Hall–Kier alpha value is -0.360. The van der Waals surface area contributed by atoms with Crippen molar-refractivity contribution in [2.45, 2.75) is 67.2 Å². The van der Waals surface area contributed by atoms with Gasteiger partial charge in [0.2, 0.25) is 0 Å². The first-order chi connectivity index (χ1) is 9.37. The molecule has 0 aromatic rings. The Bertz CT molecular complexity index is 298. The van der Waals surface area contributed by atoms with Crippen LogP contribution in [-0.2, 0) is 9.32 Å². The molecule has 0 unspecified atom stereocenters. The molecule has 0 atom stereocenters. The van der Waals surface area contributed by atoms with E-state index in [1.165, 1.54) is 50.3 Å². The van der Waals surface area contributed by atoms with Gasteiger partial charge in [-0.25, -0.2) is 0 Å². The number of hydrogen-bond acceptors (Lipinski definition) is 2. The fraction of sp³-hybridized carbons (Fsp3) is 0.824. The molecule has 0 aromatic heterocycles. The summed E-state index contributed by atoms with van der Waals surface area (Å²) in [4.78, 5) is 11.3. The van der Waals surface area contributed by atoms with E-state index < -0.39 is 6.83 Å². The number of hydrogen-bond donors (Lipinski definition) is 0. The van der Waals surface area contributed by atoms with Crippen molar-refractivity contribution in [3.05, 3.63) is 11.8 Å². The van der Waals surface area contributed by atoms with Crippen LogP contribution < -0.4 is 0 Å². The summed E-state index contributed by atoms with van der Waals surface area (Å²) in [6, 6.07) is 0. The number of ketones is 1. The van der Waals surface area contributed by atoms with Gasteiger partial charge in [-0.3, -0.25) is 0 Å². The van der Waals surface area contributed by atoms with E-state index in [1.807, 2.05) is 6.92 Å². The zero-order valence-electron chi connectivity index (χ0n) is 14.5. The monoisotopic (exact) mass is 302 g/mol. The minimum atomic E-state index is -2.18. The van der Waals surface area contributed by atoms with Gasteiger partial charge in [0.1, 0.15) is 0 Å². The van der Waals surface area contributed by atoms with Gasteiger partial charge in [0.15, 0.2) is 0 Å². The van der Waals surface area contributed by atoms with Gasteiger partial charge in [-0.1, -0.05) is 0 Å². The second kappa shape index (κ2) is 8.82. The predicted octanol–water partition coefficient (Wildman–Crippen LogP) is 5.60. The van der Waals surface area contributed by atoms with Gasteiger partial charge in [-0.05, 0) is 0 Å². The van der Waals surface area contributed by atoms with Gasteiger partial charge in [0, 0.05) is 0 Å². The number of rotatable bonds is 11. The molecule has 3 heteroatoms. The molecule has 0 aliphatic rings. The van der Waals surface area contributed by atoms with Crippen molar-refractivity contribution in [1.29, 1.82) is 0 Å². The second-order valence-corrected chi connectivity index (χ2v) is 11.9. The summed E-state index contributed by atoms with van der Waals surface area (Å²) in [5.41, 5.74) is 0. The Labute approximate surface area is 126 Å². The van der Waals surface area contributed by atoms with Crippen molar-refractivity contribution in [2.75, 3.05) is 24.6 Å². The van der Waals surface area contributed by atoms with Gasteiger partial charge in [-0.2, -0.15) is 0 Å². The summed E-state index contributed by atoms with van der Waals surface area (Å²) in [5.74, 6) is 0.916. The van der Waals surface area contributed by atoms with Crippen LogP contribution in [0.2, 0.25) is 0 Å². The summed E-state index contributed by atoms with van der Waals surface area (Å²) in [5, 5.41) is 0. The van der Waals surface area contributed by atoms with Crippen LogP contribution in [0, 0.1) is 0 Å². The Balaban J connectivity index is 5.61. The van der Waals surface area contributed by atoms with Crippen LogP contribution in [0.25, 0.3) is 0 Å². The Morgan fingerprint density at radius 1 is 0.850 bits per heavy atom. The van der Waals surface area contributed by atoms with E-state index >= 15 is 0 Å². The minimum absolute atomic E-state index is 0.0834. The summed E-state index contributed by atoms with van der Waals surface area (Å²) in [7, 11) is 0. The molecule has 0 amide bonds. The van der Waals surface area contributed by atoms with Crippen LogP contribution >= 0.6 is 6.83 Å². The van der Waals surface area contributed by atoms with E-state index in [2.05, 4.69) is 27.7 Å². The first-order valence-corrected chi connectivity index (χ1v) is 11.2. The average molecular weight is 302 g/mol. The number of carbonyl (C=O) groups is 1. The normalized spacial score (nSPS) is 14.7.